The highest BCUT2D eigenvalue weighted by molar-refractivity contribution is 8.00. The summed E-state index contributed by atoms with van der Waals surface area (Å²) < 4.78 is 27.1. The predicted octanol–water partition coefficient (Wildman–Crippen LogP) is 1.81. The molecule has 0 bridgehead atoms. The topological polar surface area (TPSA) is 101 Å². The van der Waals surface area contributed by atoms with Crippen LogP contribution in [0.4, 0.5) is 11.4 Å². The Morgan fingerprint density at radius 3 is 2.57 bits per heavy atom. The first-order valence-corrected chi connectivity index (χ1v) is 9.05. The van der Waals surface area contributed by atoms with E-state index in [-0.39, 0.29) is 21.0 Å². The number of hydrogen-bond acceptors (Lipinski definition) is 6. The van der Waals surface area contributed by atoms with Crippen LogP contribution in [0.25, 0.3) is 0 Å². The second kappa shape index (κ2) is 5.82. The average molecular weight is 331 g/mol. The molecule has 1 aliphatic carbocycles. The van der Waals surface area contributed by atoms with Crippen molar-refractivity contribution < 1.29 is 13.3 Å². The molecule has 1 aromatic rings. The lowest BCUT2D eigenvalue weighted by Gasteiger charge is -2.14. The van der Waals surface area contributed by atoms with Gasteiger partial charge in [-0.2, -0.15) is 11.8 Å². The molecule has 0 amide bonds. The van der Waals surface area contributed by atoms with Gasteiger partial charge in [0.05, 0.1) is 9.82 Å². The molecule has 1 aromatic carbocycles. The maximum atomic E-state index is 12.3. The number of thioether (sulfide) groups is 1. The van der Waals surface area contributed by atoms with Crippen LogP contribution in [-0.2, 0) is 10.0 Å². The molecule has 0 atom stereocenters. The third-order valence-electron chi connectivity index (χ3n) is 3.57. The molecule has 21 heavy (non-hydrogen) atoms. The maximum Gasteiger partial charge on any atom is 0.292 e. The van der Waals surface area contributed by atoms with Crippen LogP contribution in [0.1, 0.15) is 12.8 Å². The van der Waals surface area contributed by atoms with Gasteiger partial charge in [-0.05, 0) is 31.2 Å². The van der Waals surface area contributed by atoms with Crippen LogP contribution >= 0.6 is 11.8 Å². The van der Waals surface area contributed by atoms with Crippen LogP contribution in [0.3, 0.4) is 0 Å². The second-order valence-electron chi connectivity index (χ2n) is 4.90. The van der Waals surface area contributed by atoms with Gasteiger partial charge in [0.15, 0.2) is 0 Å². The Kier molecular flexibility index (Phi) is 4.45. The van der Waals surface area contributed by atoms with Crippen LogP contribution in [0.15, 0.2) is 23.1 Å². The van der Waals surface area contributed by atoms with Crippen LogP contribution in [0.2, 0.25) is 0 Å². The van der Waals surface area contributed by atoms with Crippen LogP contribution in [0, 0.1) is 10.1 Å². The zero-order valence-electron chi connectivity index (χ0n) is 11.8. The lowest BCUT2D eigenvalue weighted by molar-refractivity contribution is -0.384. The van der Waals surface area contributed by atoms with E-state index >= 15 is 0 Å². The number of nitrogens with zero attached hydrogens (tertiary/aromatic N) is 1. The van der Waals surface area contributed by atoms with Crippen molar-refractivity contribution in [3.63, 3.8) is 0 Å². The van der Waals surface area contributed by atoms with Crippen molar-refractivity contribution in [3.8, 4) is 0 Å². The predicted molar refractivity (Wildman–Crippen MR) is 83.3 cm³/mol. The Labute approximate surface area is 127 Å². The molecule has 0 heterocycles. The fourth-order valence-electron chi connectivity index (χ4n) is 1.94. The lowest BCUT2D eigenvalue weighted by atomic mass is 10.3. The molecule has 0 radical (unpaired) electrons. The first kappa shape index (κ1) is 16.1. The molecule has 1 fully saturated rings. The molecule has 1 saturated carbocycles. The number of benzene rings is 1. The summed E-state index contributed by atoms with van der Waals surface area (Å²) >= 11 is 1.66. The zero-order chi connectivity index (χ0) is 15.7. The third kappa shape index (κ3) is 3.47. The highest BCUT2D eigenvalue weighted by Crippen LogP contribution is 2.46. The number of hydrogen-bond donors (Lipinski definition) is 2. The Hall–Kier alpha value is -1.32. The summed E-state index contributed by atoms with van der Waals surface area (Å²) in [4.78, 5) is 10.3. The van der Waals surface area contributed by atoms with Crippen LogP contribution < -0.4 is 10.0 Å². The summed E-state index contributed by atoms with van der Waals surface area (Å²) in [6, 6.07) is 3.72. The Bertz CT molecular complexity index is 656. The Balaban J connectivity index is 2.22. The smallest absolute Gasteiger partial charge is 0.292 e. The summed E-state index contributed by atoms with van der Waals surface area (Å²) in [6.45, 7) is 0.377. The summed E-state index contributed by atoms with van der Waals surface area (Å²) in [7, 11) is -2.15. The van der Waals surface area contributed by atoms with E-state index in [1.807, 2.05) is 6.26 Å². The van der Waals surface area contributed by atoms with Crippen molar-refractivity contribution in [2.24, 2.45) is 0 Å². The molecule has 0 unspecified atom stereocenters. The van der Waals surface area contributed by atoms with Crippen molar-refractivity contribution in [1.82, 2.24) is 4.72 Å². The van der Waals surface area contributed by atoms with Gasteiger partial charge in [-0.25, -0.2) is 13.1 Å². The molecule has 0 spiro atoms. The molecular weight excluding hydrogens is 314 g/mol. The maximum absolute atomic E-state index is 12.3. The SMILES string of the molecule is CNc1cc(S(=O)(=O)NCC2(SC)CC2)ccc1[N+](=O)[O-]. The van der Waals surface area contributed by atoms with Gasteiger partial charge in [-0.3, -0.25) is 10.1 Å². The summed E-state index contributed by atoms with van der Waals surface area (Å²) in [6.07, 6.45) is 3.96. The molecule has 0 aliphatic heterocycles. The fraction of sp³-hybridized carbons (Fsp3) is 0.500. The normalized spacial score (nSPS) is 16.5. The molecule has 0 saturated heterocycles. The average Bonchev–Trinajstić information content (AvgIpc) is 3.25. The minimum absolute atomic E-state index is 0.0136. The van der Waals surface area contributed by atoms with Gasteiger partial charge in [0.2, 0.25) is 10.0 Å². The minimum Gasteiger partial charge on any atom is -0.383 e. The minimum atomic E-state index is -3.66. The van der Waals surface area contributed by atoms with Gasteiger partial charge in [0.25, 0.3) is 5.69 Å². The Morgan fingerprint density at radius 2 is 2.10 bits per heavy atom. The molecule has 2 N–H and O–H groups in total. The fourth-order valence-corrected chi connectivity index (χ4v) is 3.92. The monoisotopic (exact) mass is 331 g/mol. The number of rotatable bonds is 7. The van der Waals surface area contributed by atoms with Crippen LogP contribution in [0.5, 0.6) is 0 Å². The van der Waals surface area contributed by atoms with E-state index in [1.165, 1.54) is 25.2 Å². The molecule has 2 rings (SSSR count). The number of nitro benzene ring substituents is 1. The van der Waals surface area contributed by atoms with Crippen molar-refractivity contribution in [3.05, 3.63) is 28.3 Å². The molecular formula is C12H17N3O4S2. The first-order chi connectivity index (χ1) is 9.83. The van der Waals surface area contributed by atoms with E-state index in [0.717, 1.165) is 12.8 Å². The van der Waals surface area contributed by atoms with Crippen LogP contribution in [-0.4, -0.2) is 37.9 Å². The van der Waals surface area contributed by atoms with Crippen molar-refractivity contribution in [2.75, 3.05) is 25.2 Å². The Morgan fingerprint density at radius 1 is 1.43 bits per heavy atom. The van der Waals surface area contributed by atoms with Crippen molar-refractivity contribution in [1.29, 1.82) is 0 Å². The zero-order valence-corrected chi connectivity index (χ0v) is 13.4. The van der Waals surface area contributed by atoms with Gasteiger partial charge < -0.3 is 5.32 Å². The van der Waals surface area contributed by atoms with Gasteiger partial charge in [-0.15, -0.1) is 0 Å². The quantitative estimate of drug-likeness (QED) is 0.584. The van der Waals surface area contributed by atoms with E-state index < -0.39 is 14.9 Å². The van der Waals surface area contributed by atoms with E-state index in [9.17, 15) is 18.5 Å². The highest BCUT2D eigenvalue weighted by Gasteiger charge is 2.42. The summed E-state index contributed by atoms with van der Waals surface area (Å²) in [5.41, 5.74) is 0.0214. The van der Waals surface area contributed by atoms with E-state index in [2.05, 4.69) is 10.0 Å². The van der Waals surface area contributed by atoms with Gasteiger partial charge >= 0.3 is 0 Å². The van der Waals surface area contributed by atoms with E-state index in [4.69, 9.17) is 0 Å². The van der Waals surface area contributed by atoms with Gasteiger partial charge in [0.1, 0.15) is 5.69 Å². The second-order valence-corrected chi connectivity index (χ2v) is 7.94. The van der Waals surface area contributed by atoms with Gasteiger partial charge in [0, 0.05) is 24.4 Å². The molecule has 9 heteroatoms. The summed E-state index contributed by atoms with van der Waals surface area (Å²) in [5.74, 6) is 0. The number of anilines is 1. The molecule has 7 nitrogen and oxygen atoms in total. The highest BCUT2D eigenvalue weighted by atomic mass is 32.2. The lowest BCUT2D eigenvalue weighted by Crippen LogP contribution is -2.31. The van der Waals surface area contributed by atoms with E-state index in [1.54, 1.807) is 11.8 Å². The molecule has 1 aliphatic rings. The third-order valence-corrected chi connectivity index (χ3v) is 6.39. The standard InChI is InChI=1S/C12H17N3O4S2/c1-13-10-7-9(3-4-11(10)15(16)17)21(18,19)14-8-12(20-2)5-6-12/h3-4,7,13-14H,5-6,8H2,1-2H3. The van der Waals surface area contributed by atoms with Crippen molar-refractivity contribution in [2.45, 2.75) is 22.5 Å². The summed E-state index contributed by atoms with van der Waals surface area (Å²) in [5, 5.41) is 13.5. The number of sulfonamides is 1. The van der Waals surface area contributed by atoms with Crippen molar-refractivity contribution >= 4 is 33.2 Å². The van der Waals surface area contributed by atoms with Gasteiger partial charge in [-0.1, -0.05) is 0 Å². The van der Waals surface area contributed by atoms with E-state index in [0.29, 0.717) is 6.54 Å². The number of nitrogens with one attached hydrogen (secondary N) is 2. The first-order valence-electron chi connectivity index (χ1n) is 6.34. The molecule has 0 aromatic heterocycles. The molecule has 116 valence electrons. The number of nitro groups is 1. The largest absolute Gasteiger partial charge is 0.383 e.